The van der Waals surface area contributed by atoms with E-state index in [1.165, 1.54) is 0 Å². The monoisotopic (exact) mass is 384 g/mol. The summed E-state index contributed by atoms with van der Waals surface area (Å²) >= 11 is 5.90. The summed E-state index contributed by atoms with van der Waals surface area (Å²) in [6.07, 6.45) is 8.02. The van der Waals surface area contributed by atoms with Crippen molar-refractivity contribution in [3.05, 3.63) is 75.1 Å². The summed E-state index contributed by atoms with van der Waals surface area (Å²) in [5.74, 6) is 1.30. The number of aryl methyl sites for hydroxylation is 1. The van der Waals surface area contributed by atoms with Crippen molar-refractivity contribution in [1.82, 2.24) is 19.9 Å². The van der Waals surface area contributed by atoms with Crippen LogP contribution in [0.3, 0.4) is 0 Å². The van der Waals surface area contributed by atoms with Crippen LogP contribution in [0.4, 0.5) is 11.8 Å². The van der Waals surface area contributed by atoms with E-state index in [4.69, 9.17) is 11.6 Å². The second-order valence-corrected chi connectivity index (χ2v) is 6.58. The van der Waals surface area contributed by atoms with Crippen LogP contribution in [0.1, 0.15) is 23.1 Å². The van der Waals surface area contributed by atoms with Crippen molar-refractivity contribution < 1.29 is 0 Å². The van der Waals surface area contributed by atoms with Gasteiger partial charge in [-0.15, -0.1) is 0 Å². The van der Waals surface area contributed by atoms with E-state index in [0.717, 1.165) is 29.9 Å². The molecular weight excluding hydrogens is 364 g/mol. The molecule has 0 radical (unpaired) electrons. The van der Waals surface area contributed by atoms with E-state index in [0.29, 0.717) is 29.5 Å². The van der Waals surface area contributed by atoms with Crippen molar-refractivity contribution >= 4 is 23.4 Å². The Morgan fingerprint density at radius 1 is 1.11 bits per heavy atom. The molecule has 0 aliphatic heterocycles. The number of nitrogens with zero attached hydrogens (tertiary/aromatic N) is 3. The Hall–Kier alpha value is -2.93. The lowest BCUT2D eigenvalue weighted by Crippen LogP contribution is -2.18. The first kappa shape index (κ1) is 18.8. The van der Waals surface area contributed by atoms with E-state index in [1.807, 2.05) is 25.1 Å². The van der Waals surface area contributed by atoms with Crippen LogP contribution in [-0.2, 0) is 6.42 Å². The number of hydrogen-bond acceptors (Lipinski definition) is 6. The molecule has 7 nitrogen and oxygen atoms in total. The topological polar surface area (TPSA) is 95.6 Å². The number of aromatic nitrogens is 4. The highest BCUT2D eigenvalue weighted by Crippen LogP contribution is 2.15. The maximum Gasteiger partial charge on any atom is 0.255 e. The zero-order valence-electron chi connectivity index (χ0n) is 15.0. The van der Waals surface area contributed by atoms with Crippen molar-refractivity contribution in [2.75, 3.05) is 23.7 Å². The van der Waals surface area contributed by atoms with Crippen LogP contribution >= 0.6 is 11.6 Å². The number of aromatic amines is 1. The van der Waals surface area contributed by atoms with Gasteiger partial charge in [-0.2, -0.15) is 0 Å². The smallest absolute Gasteiger partial charge is 0.255 e. The molecule has 0 fully saturated rings. The fourth-order valence-electron chi connectivity index (χ4n) is 2.59. The third kappa shape index (κ3) is 5.52. The minimum absolute atomic E-state index is 0.136. The summed E-state index contributed by atoms with van der Waals surface area (Å²) in [5, 5.41) is 7.02. The Balaban J connectivity index is 1.46. The van der Waals surface area contributed by atoms with Crippen LogP contribution in [0.25, 0.3) is 0 Å². The summed E-state index contributed by atoms with van der Waals surface area (Å²) in [7, 11) is 0. The van der Waals surface area contributed by atoms with Gasteiger partial charge in [0.15, 0.2) is 0 Å². The molecule has 0 spiro atoms. The molecule has 27 heavy (non-hydrogen) atoms. The van der Waals surface area contributed by atoms with Gasteiger partial charge in [-0.3, -0.25) is 14.8 Å². The van der Waals surface area contributed by atoms with Crippen LogP contribution in [0.5, 0.6) is 0 Å². The maximum absolute atomic E-state index is 12.2. The molecule has 3 rings (SSSR count). The van der Waals surface area contributed by atoms with Crippen molar-refractivity contribution in [1.29, 1.82) is 0 Å². The molecule has 0 saturated carbocycles. The first-order valence-corrected chi connectivity index (χ1v) is 9.06. The van der Waals surface area contributed by atoms with Gasteiger partial charge in [0.05, 0.1) is 5.02 Å². The van der Waals surface area contributed by atoms with Crippen molar-refractivity contribution in [2.24, 2.45) is 0 Å². The van der Waals surface area contributed by atoms with Gasteiger partial charge in [0.2, 0.25) is 5.95 Å². The second kappa shape index (κ2) is 9.14. The zero-order valence-corrected chi connectivity index (χ0v) is 15.8. The quantitative estimate of drug-likeness (QED) is 0.517. The summed E-state index contributed by atoms with van der Waals surface area (Å²) in [6.45, 7) is 3.38. The Morgan fingerprint density at radius 3 is 2.63 bits per heavy atom. The van der Waals surface area contributed by atoms with E-state index in [9.17, 15) is 4.79 Å². The highest BCUT2D eigenvalue weighted by atomic mass is 35.5. The molecule has 3 heterocycles. The number of hydrogen-bond donors (Lipinski definition) is 3. The van der Waals surface area contributed by atoms with Crippen LogP contribution in [0.2, 0.25) is 5.02 Å². The molecule has 0 atom stereocenters. The number of rotatable bonds is 8. The largest absolute Gasteiger partial charge is 0.370 e. The standard InChI is InChI=1S/C19H21ClN6O/c1-13-9-16(20)12-24-17(13)22-5-2-6-23-19-25-11-15(18(27)26-19)10-14-3-7-21-8-4-14/h3-4,7-9,11-12H,2,5-6,10H2,1H3,(H,22,24)(H2,23,25,26,27). The van der Waals surface area contributed by atoms with Crippen molar-refractivity contribution in [3.8, 4) is 0 Å². The average molecular weight is 385 g/mol. The van der Waals surface area contributed by atoms with E-state index in [-0.39, 0.29) is 5.56 Å². The van der Waals surface area contributed by atoms with Crippen LogP contribution in [0, 0.1) is 6.92 Å². The van der Waals surface area contributed by atoms with Gasteiger partial charge in [-0.25, -0.2) is 9.97 Å². The van der Waals surface area contributed by atoms with Gasteiger partial charge in [-0.05, 0) is 42.7 Å². The molecule has 3 aromatic rings. The number of nitrogens with one attached hydrogen (secondary N) is 3. The lowest BCUT2D eigenvalue weighted by atomic mass is 10.1. The summed E-state index contributed by atoms with van der Waals surface area (Å²) in [4.78, 5) is 27.5. The minimum Gasteiger partial charge on any atom is -0.370 e. The molecule has 0 aliphatic carbocycles. The van der Waals surface area contributed by atoms with Crippen molar-refractivity contribution in [2.45, 2.75) is 19.8 Å². The molecule has 0 unspecified atom stereocenters. The molecule has 0 saturated heterocycles. The van der Waals surface area contributed by atoms with Gasteiger partial charge in [0, 0.05) is 49.9 Å². The molecule has 3 aromatic heterocycles. The third-order valence-corrected chi connectivity index (χ3v) is 4.21. The Labute approximate surface area is 162 Å². The second-order valence-electron chi connectivity index (χ2n) is 6.14. The zero-order chi connectivity index (χ0) is 19.1. The Morgan fingerprint density at radius 2 is 1.89 bits per heavy atom. The molecule has 3 N–H and O–H groups in total. The molecule has 0 aromatic carbocycles. The van der Waals surface area contributed by atoms with E-state index in [2.05, 4.69) is 30.6 Å². The fraction of sp³-hybridized carbons (Fsp3) is 0.263. The average Bonchev–Trinajstić information content (AvgIpc) is 2.66. The third-order valence-electron chi connectivity index (χ3n) is 4.00. The lowest BCUT2D eigenvalue weighted by molar-refractivity contribution is 0.883. The Bertz CT molecular complexity index is 944. The van der Waals surface area contributed by atoms with E-state index in [1.54, 1.807) is 24.8 Å². The molecule has 140 valence electrons. The summed E-state index contributed by atoms with van der Waals surface area (Å²) in [6, 6.07) is 5.64. The summed E-state index contributed by atoms with van der Waals surface area (Å²) < 4.78 is 0. The number of anilines is 2. The highest BCUT2D eigenvalue weighted by Gasteiger charge is 2.04. The lowest BCUT2D eigenvalue weighted by Gasteiger charge is -2.09. The van der Waals surface area contributed by atoms with Crippen LogP contribution in [-0.4, -0.2) is 33.0 Å². The molecule has 0 amide bonds. The number of H-pyrrole nitrogens is 1. The van der Waals surface area contributed by atoms with E-state index < -0.39 is 0 Å². The van der Waals surface area contributed by atoms with Gasteiger partial charge in [0.1, 0.15) is 5.82 Å². The minimum atomic E-state index is -0.136. The van der Waals surface area contributed by atoms with E-state index >= 15 is 0 Å². The van der Waals surface area contributed by atoms with Crippen molar-refractivity contribution in [3.63, 3.8) is 0 Å². The molecule has 0 bridgehead atoms. The molecular formula is C19H21ClN6O. The maximum atomic E-state index is 12.2. The van der Waals surface area contributed by atoms with Crippen LogP contribution < -0.4 is 16.2 Å². The van der Waals surface area contributed by atoms with Gasteiger partial charge < -0.3 is 10.6 Å². The van der Waals surface area contributed by atoms with Gasteiger partial charge >= 0.3 is 0 Å². The SMILES string of the molecule is Cc1cc(Cl)cnc1NCCCNc1ncc(Cc2ccncc2)c(=O)[nH]1. The molecule has 8 heteroatoms. The van der Waals surface area contributed by atoms with Gasteiger partial charge in [-0.1, -0.05) is 11.6 Å². The predicted molar refractivity (Wildman–Crippen MR) is 107 cm³/mol. The predicted octanol–water partition coefficient (Wildman–Crippen LogP) is 3.03. The van der Waals surface area contributed by atoms with Gasteiger partial charge in [0.25, 0.3) is 5.56 Å². The highest BCUT2D eigenvalue weighted by molar-refractivity contribution is 6.30. The first-order chi connectivity index (χ1) is 13.1. The number of halogens is 1. The number of pyridine rings is 2. The van der Waals surface area contributed by atoms with Crippen LogP contribution in [0.15, 0.2) is 47.8 Å². The Kier molecular flexibility index (Phi) is 6.38. The normalized spacial score (nSPS) is 10.6. The molecule has 0 aliphatic rings. The fourth-order valence-corrected chi connectivity index (χ4v) is 2.80. The summed E-state index contributed by atoms with van der Waals surface area (Å²) in [5.41, 5.74) is 2.52. The first-order valence-electron chi connectivity index (χ1n) is 8.69.